The van der Waals surface area contributed by atoms with Crippen molar-refractivity contribution in [1.82, 2.24) is 9.29 Å². The molecule has 1 saturated heterocycles. The van der Waals surface area contributed by atoms with Crippen LogP contribution >= 0.6 is 0 Å². The van der Waals surface area contributed by atoms with Gasteiger partial charge in [-0.25, -0.2) is 8.42 Å². The van der Waals surface area contributed by atoms with Crippen LogP contribution in [0.25, 0.3) is 10.8 Å². The summed E-state index contributed by atoms with van der Waals surface area (Å²) in [5, 5.41) is 1.59. The second-order valence-corrected chi connectivity index (χ2v) is 8.60. The van der Waals surface area contributed by atoms with Gasteiger partial charge in [-0.2, -0.15) is 4.31 Å². The lowest BCUT2D eigenvalue weighted by atomic mass is 9.78. The predicted molar refractivity (Wildman–Crippen MR) is 89.3 cm³/mol. The largest absolute Gasteiger partial charge is 0.327 e. The van der Waals surface area contributed by atoms with Crippen molar-refractivity contribution in [1.29, 1.82) is 0 Å². The summed E-state index contributed by atoms with van der Waals surface area (Å²) in [7, 11) is -3.50. The average Bonchev–Trinajstić information content (AvgIpc) is 3.01. The van der Waals surface area contributed by atoms with Crippen molar-refractivity contribution in [3.63, 3.8) is 0 Å². The van der Waals surface area contributed by atoms with Crippen molar-refractivity contribution in [3.8, 4) is 0 Å². The quantitative estimate of drug-likeness (QED) is 0.913. The number of nitrogens with zero attached hydrogens (tertiary/aromatic N) is 2. The number of rotatable bonds is 2. The van der Waals surface area contributed by atoms with Gasteiger partial charge in [0.25, 0.3) is 0 Å². The van der Waals surface area contributed by atoms with E-state index in [2.05, 4.69) is 4.98 Å². The van der Waals surface area contributed by atoms with E-state index in [0.29, 0.717) is 29.8 Å². The van der Waals surface area contributed by atoms with Crippen molar-refractivity contribution in [2.75, 3.05) is 13.1 Å². The first-order valence-corrected chi connectivity index (χ1v) is 9.60. The summed E-state index contributed by atoms with van der Waals surface area (Å²) in [5.41, 5.74) is 6.22. The van der Waals surface area contributed by atoms with Crippen LogP contribution in [0, 0.1) is 11.8 Å². The molecule has 2 aliphatic rings. The van der Waals surface area contributed by atoms with E-state index in [1.54, 1.807) is 34.9 Å². The van der Waals surface area contributed by atoms with Crippen molar-refractivity contribution in [2.45, 2.75) is 30.2 Å². The van der Waals surface area contributed by atoms with E-state index in [1.807, 2.05) is 6.07 Å². The molecule has 23 heavy (non-hydrogen) atoms. The third-order valence-corrected chi connectivity index (χ3v) is 7.27. The van der Waals surface area contributed by atoms with Gasteiger partial charge in [-0.15, -0.1) is 0 Å². The molecule has 3 unspecified atom stereocenters. The molecule has 4 rings (SSSR count). The first-order valence-electron chi connectivity index (χ1n) is 8.16. The fourth-order valence-electron chi connectivity index (χ4n) is 4.13. The second-order valence-electron chi connectivity index (χ2n) is 6.69. The van der Waals surface area contributed by atoms with E-state index in [9.17, 15) is 8.42 Å². The molecule has 2 heterocycles. The fourth-order valence-corrected chi connectivity index (χ4v) is 5.88. The van der Waals surface area contributed by atoms with Crippen molar-refractivity contribution >= 4 is 20.8 Å². The van der Waals surface area contributed by atoms with E-state index in [1.165, 1.54) is 0 Å². The van der Waals surface area contributed by atoms with Crippen LogP contribution in [0.3, 0.4) is 0 Å². The summed E-state index contributed by atoms with van der Waals surface area (Å²) in [6.45, 7) is 1.15. The number of hydrogen-bond acceptors (Lipinski definition) is 4. The van der Waals surface area contributed by atoms with Crippen molar-refractivity contribution in [3.05, 3.63) is 36.7 Å². The zero-order valence-corrected chi connectivity index (χ0v) is 13.7. The Hall–Kier alpha value is -1.50. The molecule has 0 spiro atoms. The molecule has 1 aliphatic carbocycles. The Morgan fingerprint density at radius 1 is 1.17 bits per heavy atom. The smallest absolute Gasteiger partial charge is 0.243 e. The van der Waals surface area contributed by atoms with Gasteiger partial charge in [-0.1, -0.05) is 18.6 Å². The number of aromatic nitrogens is 1. The van der Waals surface area contributed by atoms with Gasteiger partial charge in [-0.05, 0) is 36.8 Å². The van der Waals surface area contributed by atoms with Crippen LogP contribution in [0.2, 0.25) is 0 Å². The standard InChI is InChI=1S/C17H21N3O2S/c18-16-5-1-4-13-10-20(11-15(13)16)23(21,22)17-6-2-3-12-9-19-8-7-14(12)17/h2-3,6-9,13,15-16H,1,4-5,10-11,18H2. The molecule has 2 fully saturated rings. The monoisotopic (exact) mass is 331 g/mol. The summed E-state index contributed by atoms with van der Waals surface area (Å²) in [6, 6.07) is 7.27. The van der Waals surface area contributed by atoms with Crippen LogP contribution in [0.4, 0.5) is 0 Å². The zero-order valence-electron chi connectivity index (χ0n) is 12.9. The molecule has 122 valence electrons. The van der Waals surface area contributed by atoms with E-state index >= 15 is 0 Å². The molecule has 0 radical (unpaired) electrons. The van der Waals surface area contributed by atoms with Crippen molar-refractivity contribution in [2.24, 2.45) is 17.6 Å². The molecule has 1 aromatic carbocycles. The molecule has 1 aliphatic heterocycles. The van der Waals surface area contributed by atoms with Gasteiger partial charge in [-0.3, -0.25) is 4.98 Å². The highest BCUT2D eigenvalue weighted by atomic mass is 32.2. The molecule has 0 bridgehead atoms. The molecule has 3 atom stereocenters. The molecular formula is C17H21N3O2S. The average molecular weight is 331 g/mol. The number of hydrogen-bond donors (Lipinski definition) is 1. The molecule has 0 amide bonds. The Labute approximate surface area is 136 Å². The maximum absolute atomic E-state index is 13.2. The molecule has 2 aromatic rings. The highest BCUT2D eigenvalue weighted by Gasteiger charge is 2.43. The molecular weight excluding hydrogens is 310 g/mol. The first-order chi connectivity index (χ1) is 11.1. The van der Waals surface area contributed by atoms with E-state index in [4.69, 9.17) is 5.73 Å². The fraction of sp³-hybridized carbons (Fsp3) is 0.471. The lowest BCUT2D eigenvalue weighted by molar-refractivity contribution is 0.260. The lowest BCUT2D eigenvalue weighted by Crippen LogP contribution is -2.38. The summed E-state index contributed by atoms with van der Waals surface area (Å²) < 4.78 is 28.0. The van der Waals surface area contributed by atoms with E-state index in [0.717, 1.165) is 30.0 Å². The Kier molecular flexibility index (Phi) is 3.63. The molecule has 1 aromatic heterocycles. The number of sulfonamides is 1. The van der Waals surface area contributed by atoms with Gasteiger partial charge < -0.3 is 5.73 Å². The topological polar surface area (TPSA) is 76.3 Å². The van der Waals surface area contributed by atoms with Gasteiger partial charge in [0.1, 0.15) is 0 Å². The Balaban J connectivity index is 1.73. The van der Waals surface area contributed by atoms with Crippen LogP contribution in [-0.2, 0) is 10.0 Å². The Morgan fingerprint density at radius 2 is 2.04 bits per heavy atom. The van der Waals surface area contributed by atoms with Crippen LogP contribution < -0.4 is 5.73 Å². The molecule has 2 N–H and O–H groups in total. The van der Waals surface area contributed by atoms with Gasteiger partial charge >= 0.3 is 0 Å². The summed E-state index contributed by atoms with van der Waals surface area (Å²) >= 11 is 0. The van der Waals surface area contributed by atoms with Gasteiger partial charge in [0.2, 0.25) is 10.0 Å². The highest BCUT2D eigenvalue weighted by molar-refractivity contribution is 7.89. The molecule has 5 nitrogen and oxygen atoms in total. The van der Waals surface area contributed by atoms with Gasteiger partial charge in [0, 0.05) is 42.3 Å². The number of benzene rings is 1. The normalized spacial score (nSPS) is 28.8. The maximum Gasteiger partial charge on any atom is 0.243 e. The minimum atomic E-state index is -3.50. The third-order valence-electron chi connectivity index (χ3n) is 5.38. The third kappa shape index (κ3) is 2.45. The van der Waals surface area contributed by atoms with E-state index in [-0.39, 0.29) is 6.04 Å². The second kappa shape index (κ2) is 5.54. The first kappa shape index (κ1) is 15.1. The number of nitrogens with two attached hydrogens (primary N) is 1. The Morgan fingerprint density at radius 3 is 2.87 bits per heavy atom. The Bertz CT molecular complexity index is 831. The van der Waals surface area contributed by atoms with Crippen LogP contribution in [0.15, 0.2) is 41.6 Å². The van der Waals surface area contributed by atoms with Gasteiger partial charge in [0.15, 0.2) is 0 Å². The highest BCUT2D eigenvalue weighted by Crippen LogP contribution is 2.38. The predicted octanol–water partition coefficient (Wildman–Crippen LogP) is 1.98. The summed E-state index contributed by atoms with van der Waals surface area (Å²) in [6.07, 6.45) is 6.55. The maximum atomic E-state index is 13.2. The van der Waals surface area contributed by atoms with Crippen LogP contribution in [0.5, 0.6) is 0 Å². The van der Waals surface area contributed by atoms with Crippen LogP contribution in [0.1, 0.15) is 19.3 Å². The summed E-state index contributed by atoms with van der Waals surface area (Å²) in [5.74, 6) is 0.709. The SMILES string of the molecule is NC1CCCC2CN(S(=O)(=O)c3cccc4cnccc34)CC12. The summed E-state index contributed by atoms with van der Waals surface area (Å²) in [4.78, 5) is 4.46. The lowest BCUT2D eigenvalue weighted by Gasteiger charge is -2.29. The number of fused-ring (bicyclic) bond motifs is 2. The molecule has 6 heteroatoms. The van der Waals surface area contributed by atoms with E-state index < -0.39 is 10.0 Å². The van der Waals surface area contributed by atoms with Crippen molar-refractivity contribution < 1.29 is 8.42 Å². The van der Waals surface area contributed by atoms with Gasteiger partial charge in [0.05, 0.1) is 4.90 Å². The minimum absolute atomic E-state index is 0.130. The zero-order chi connectivity index (χ0) is 16.0. The minimum Gasteiger partial charge on any atom is -0.327 e. The molecule has 1 saturated carbocycles. The van der Waals surface area contributed by atoms with Crippen LogP contribution in [-0.4, -0.2) is 36.8 Å². The number of pyridine rings is 1.